The zero-order valence-electron chi connectivity index (χ0n) is 9.87. The third kappa shape index (κ3) is 2.64. The van der Waals surface area contributed by atoms with E-state index in [1.165, 1.54) is 6.07 Å². The molecule has 2 atom stereocenters. The van der Waals surface area contributed by atoms with Gasteiger partial charge in [0, 0.05) is 0 Å². The molecule has 2 unspecified atom stereocenters. The fraction of sp³-hybridized carbons (Fsp3) is 0.462. The van der Waals surface area contributed by atoms with Crippen molar-refractivity contribution in [2.24, 2.45) is 5.73 Å². The van der Waals surface area contributed by atoms with Gasteiger partial charge >= 0.3 is 0 Å². The zero-order valence-corrected chi connectivity index (χ0v) is 9.87. The van der Waals surface area contributed by atoms with Crippen LogP contribution in [0.25, 0.3) is 0 Å². The molecule has 3 N–H and O–H groups in total. The van der Waals surface area contributed by atoms with Gasteiger partial charge in [-0.15, -0.1) is 0 Å². The minimum atomic E-state index is -0.330. The molecule has 17 heavy (non-hydrogen) atoms. The van der Waals surface area contributed by atoms with Crippen molar-refractivity contribution >= 4 is 5.91 Å². The van der Waals surface area contributed by atoms with Crippen LogP contribution >= 0.6 is 0 Å². The number of amides is 1. The number of halogens is 1. The molecule has 1 amide bonds. The Labute approximate surface area is 100 Å². The monoisotopic (exact) mass is 236 g/mol. The van der Waals surface area contributed by atoms with Crippen LogP contribution in [0.15, 0.2) is 18.2 Å². The molecule has 2 rings (SSSR count). The summed E-state index contributed by atoms with van der Waals surface area (Å²) in [5.41, 5.74) is 7.37. The van der Waals surface area contributed by atoms with Crippen LogP contribution in [0.3, 0.4) is 0 Å². The number of nitrogens with two attached hydrogens (primary N) is 1. The molecule has 0 radical (unpaired) electrons. The van der Waals surface area contributed by atoms with Crippen molar-refractivity contribution in [2.45, 2.75) is 31.7 Å². The average Bonchev–Trinajstić information content (AvgIpc) is 2.32. The molecular formula is C13H17FN2O. The van der Waals surface area contributed by atoms with Gasteiger partial charge in [0.25, 0.3) is 0 Å². The standard InChI is InChI=1S/C13H17FN2O/c1-8-2-3-10(14)7-11(8)9-4-5-16-12(6-9)13(15)17/h2-3,7,9,12,16H,4-6H2,1H3,(H2,15,17). The molecule has 4 heteroatoms. The normalized spacial score (nSPS) is 24.6. The van der Waals surface area contributed by atoms with Gasteiger partial charge in [0.1, 0.15) is 5.82 Å². The van der Waals surface area contributed by atoms with Crippen LogP contribution < -0.4 is 11.1 Å². The van der Waals surface area contributed by atoms with Gasteiger partial charge in [-0.3, -0.25) is 4.79 Å². The summed E-state index contributed by atoms with van der Waals surface area (Å²) in [5.74, 6) is -0.340. The van der Waals surface area contributed by atoms with Gasteiger partial charge in [-0.2, -0.15) is 0 Å². The highest BCUT2D eigenvalue weighted by molar-refractivity contribution is 5.80. The second-order valence-corrected chi connectivity index (χ2v) is 4.63. The molecule has 0 saturated carbocycles. The Morgan fingerprint density at radius 3 is 3.00 bits per heavy atom. The second kappa shape index (κ2) is 4.84. The van der Waals surface area contributed by atoms with Crippen LogP contribution in [-0.4, -0.2) is 18.5 Å². The predicted molar refractivity (Wildman–Crippen MR) is 64.1 cm³/mol. The molecule has 92 valence electrons. The lowest BCUT2D eigenvalue weighted by Gasteiger charge is -2.29. The Balaban J connectivity index is 2.21. The molecule has 0 bridgehead atoms. The Bertz CT molecular complexity index is 433. The number of rotatable bonds is 2. The third-order valence-electron chi connectivity index (χ3n) is 3.43. The minimum absolute atomic E-state index is 0.212. The van der Waals surface area contributed by atoms with Gasteiger partial charge in [-0.05, 0) is 55.5 Å². The minimum Gasteiger partial charge on any atom is -0.368 e. The lowest BCUT2D eigenvalue weighted by molar-refractivity contribution is -0.120. The first-order valence-corrected chi connectivity index (χ1v) is 5.86. The van der Waals surface area contributed by atoms with Gasteiger partial charge in [0.05, 0.1) is 6.04 Å². The Morgan fingerprint density at radius 1 is 1.53 bits per heavy atom. The van der Waals surface area contributed by atoms with Crippen LogP contribution in [-0.2, 0) is 4.79 Å². The molecule has 0 aliphatic carbocycles. The highest BCUT2D eigenvalue weighted by Gasteiger charge is 2.27. The molecular weight excluding hydrogens is 219 g/mol. The van der Waals surface area contributed by atoms with Crippen molar-refractivity contribution < 1.29 is 9.18 Å². The molecule has 1 heterocycles. The summed E-state index contributed by atoms with van der Waals surface area (Å²) in [6.07, 6.45) is 1.56. The maximum absolute atomic E-state index is 13.3. The number of benzene rings is 1. The smallest absolute Gasteiger partial charge is 0.234 e. The van der Waals surface area contributed by atoms with Crippen molar-refractivity contribution in [3.05, 3.63) is 35.1 Å². The van der Waals surface area contributed by atoms with Gasteiger partial charge < -0.3 is 11.1 Å². The lowest BCUT2D eigenvalue weighted by Crippen LogP contribution is -2.46. The van der Waals surface area contributed by atoms with Crippen molar-refractivity contribution in [3.63, 3.8) is 0 Å². The van der Waals surface area contributed by atoms with E-state index in [4.69, 9.17) is 5.73 Å². The first-order chi connectivity index (χ1) is 8.08. The summed E-state index contributed by atoms with van der Waals surface area (Å²) in [7, 11) is 0. The van der Waals surface area contributed by atoms with Crippen molar-refractivity contribution in [2.75, 3.05) is 6.54 Å². The molecule has 1 saturated heterocycles. The Kier molecular flexibility index (Phi) is 3.43. The molecule has 1 fully saturated rings. The summed E-state index contributed by atoms with van der Waals surface area (Å²) >= 11 is 0. The molecule has 1 aromatic rings. The summed E-state index contributed by atoms with van der Waals surface area (Å²) < 4.78 is 13.3. The number of aryl methyl sites for hydroxylation is 1. The third-order valence-corrected chi connectivity index (χ3v) is 3.43. The molecule has 1 aliphatic heterocycles. The number of piperidine rings is 1. The number of hydrogen-bond acceptors (Lipinski definition) is 2. The van der Waals surface area contributed by atoms with E-state index in [1.54, 1.807) is 12.1 Å². The summed E-state index contributed by atoms with van der Waals surface area (Å²) in [6.45, 7) is 2.71. The fourth-order valence-corrected chi connectivity index (χ4v) is 2.47. The van der Waals surface area contributed by atoms with E-state index in [0.717, 1.165) is 24.1 Å². The van der Waals surface area contributed by atoms with E-state index in [9.17, 15) is 9.18 Å². The van der Waals surface area contributed by atoms with E-state index >= 15 is 0 Å². The highest BCUT2D eigenvalue weighted by Crippen LogP contribution is 2.30. The Morgan fingerprint density at radius 2 is 2.29 bits per heavy atom. The van der Waals surface area contributed by atoms with Crippen molar-refractivity contribution in [1.29, 1.82) is 0 Å². The molecule has 1 aromatic carbocycles. The van der Waals surface area contributed by atoms with Crippen LogP contribution in [0.1, 0.15) is 29.9 Å². The van der Waals surface area contributed by atoms with Crippen LogP contribution in [0.5, 0.6) is 0 Å². The lowest BCUT2D eigenvalue weighted by atomic mass is 9.84. The number of carbonyl (C=O) groups is 1. The highest BCUT2D eigenvalue weighted by atomic mass is 19.1. The number of primary amides is 1. The zero-order chi connectivity index (χ0) is 12.4. The summed E-state index contributed by atoms with van der Waals surface area (Å²) in [6, 6.07) is 4.53. The first-order valence-electron chi connectivity index (χ1n) is 5.86. The largest absolute Gasteiger partial charge is 0.368 e. The summed E-state index contributed by atoms with van der Waals surface area (Å²) in [5, 5.41) is 3.08. The van der Waals surface area contributed by atoms with E-state index in [0.29, 0.717) is 6.42 Å². The van der Waals surface area contributed by atoms with Crippen molar-refractivity contribution in [1.82, 2.24) is 5.32 Å². The maximum atomic E-state index is 13.3. The summed E-state index contributed by atoms with van der Waals surface area (Å²) in [4.78, 5) is 11.2. The molecule has 3 nitrogen and oxygen atoms in total. The number of nitrogens with one attached hydrogen (secondary N) is 1. The van der Waals surface area contributed by atoms with E-state index in [-0.39, 0.29) is 23.7 Å². The molecule has 0 spiro atoms. The van der Waals surface area contributed by atoms with Gasteiger partial charge in [0.15, 0.2) is 0 Å². The number of hydrogen-bond donors (Lipinski definition) is 2. The van der Waals surface area contributed by atoms with Crippen LogP contribution in [0, 0.1) is 12.7 Å². The fourth-order valence-electron chi connectivity index (χ4n) is 2.47. The average molecular weight is 236 g/mol. The maximum Gasteiger partial charge on any atom is 0.234 e. The SMILES string of the molecule is Cc1ccc(F)cc1C1CCNC(C(N)=O)C1. The van der Waals surface area contributed by atoms with Gasteiger partial charge in [0.2, 0.25) is 5.91 Å². The topological polar surface area (TPSA) is 55.1 Å². The van der Waals surface area contributed by atoms with Gasteiger partial charge in [-0.25, -0.2) is 4.39 Å². The van der Waals surface area contributed by atoms with Crippen LogP contribution in [0.2, 0.25) is 0 Å². The molecule has 0 aromatic heterocycles. The quantitative estimate of drug-likeness (QED) is 0.816. The van der Waals surface area contributed by atoms with E-state index in [1.807, 2.05) is 6.92 Å². The van der Waals surface area contributed by atoms with Crippen LogP contribution in [0.4, 0.5) is 4.39 Å². The number of carbonyl (C=O) groups excluding carboxylic acids is 1. The van der Waals surface area contributed by atoms with Gasteiger partial charge in [-0.1, -0.05) is 6.07 Å². The van der Waals surface area contributed by atoms with E-state index in [2.05, 4.69) is 5.32 Å². The predicted octanol–water partition coefficient (Wildman–Crippen LogP) is 1.46. The van der Waals surface area contributed by atoms with Crippen molar-refractivity contribution in [3.8, 4) is 0 Å². The second-order valence-electron chi connectivity index (χ2n) is 4.63. The Hall–Kier alpha value is -1.42. The molecule has 1 aliphatic rings. The first kappa shape index (κ1) is 12.0. The van der Waals surface area contributed by atoms with E-state index < -0.39 is 0 Å².